The first-order valence-corrected chi connectivity index (χ1v) is 4.25. The van der Waals surface area contributed by atoms with Gasteiger partial charge in [0, 0.05) is 14.2 Å². The maximum absolute atomic E-state index is 13.0. The Morgan fingerprint density at radius 1 is 1.46 bits per heavy atom. The van der Waals surface area contributed by atoms with Crippen LogP contribution in [-0.2, 0) is 14.2 Å². The van der Waals surface area contributed by atoms with Gasteiger partial charge in [0.25, 0.3) is 0 Å². The number of halogens is 1. The molecule has 13 heavy (non-hydrogen) atoms. The van der Waals surface area contributed by atoms with Crippen LogP contribution >= 0.6 is 0 Å². The van der Waals surface area contributed by atoms with Crippen molar-refractivity contribution >= 4 is 0 Å². The molecule has 0 N–H and O–H groups in total. The normalized spacial score (nSPS) is 16.6. The van der Waals surface area contributed by atoms with Gasteiger partial charge in [0.15, 0.2) is 0 Å². The number of hydrogen-bond donors (Lipinski definition) is 0. The van der Waals surface area contributed by atoms with Crippen LogP contribution in [0.4, 0.5) is 4.48 Å². The van der Waals surface area contributed by atoms with E-state index in [9.17, 15) is 4.48 Å². The molecule has 80 valence electrons. The minimum atomic E-state index is -1.72. The molecule has 4 nitrogen and oxygen atoms in total. The first kappa shape index (κ1) is 12.8. The van der Waals surface area contributed by atoms with Crippen LogP contribution in [0.25, 0.3) is 0 Å². The minimum Gasteiger partial charge on any atom is -0.316 e. The molecule has 0 spiro atoms. The molecule has 1 atom stereocenters. The van der Waals surface area contributed by atoms with Crippen LogP contribution in [0, 0.1) is 0 Å². The van der Waals surface area contributed by atoms with E-state index >= 15 is 0 Å². The second-order valence-corrected chi connectivity index (χ2v) is 2.80. The van der Waals surface area contributed by atoms with Gasteiger partial charge in [-0.05, 0) is 20.8 Å². The van der Waals surface area contributed by atoms with Crippen molar-refractivity contribution in [1.29, 1.82) is 0 Å². The molecule has 0 aromatic heterocycles. The van der Waals surface area contributed by atoms with Gasteiger partial charge in [0.05, 0.1) is 12.7 Å². The Morgan fingerprint density at radius 2 is 2.00 bits per heavy atom. The van der Waals surface area contributed by atoms with Crippen molar-refractivity contribution < 1.29 is 18.7 Å². The molecule has 0 amide bonds. The molecular formula is C8H18FNO3. The quantitative estimate of drug-likeness (QED) is 0.475. The summed E-state index contributed by atoms with van der Waals surface area (Å²) in [4.78, 5) is 0. The second kappa shape index (κ2) is 5.49. The summed E-state index contributed by atoms with van der Waals surface area (Å²) in [6, 6.07) is 0. The SMILES string of the molecule is CCOC(OC)(OC(C)C)N(C)F. The molecule has 0 aromatic rings. The molecule has 0 aliphatic rings. The summed E-state index contributed by atoms with van der Waals surface area (Å²) in [5.74, 6) is 0. The zero-order valence-corrected chi connectivity index (χ0v) is 8.83. The van der Waals surface area contributed by atoms with E-state index in [2.05, 4.69) is 0 Å². The van der Waals surface area contributed by atoms with Crippen molar-refractivity contribution in [2.45, 2.75) is 33.0 Å². The van der Waals surface area contributed by atoms with E-state index in [0.717, 1.165) is 0 Å². The average Bonchev–Trinajstić information content (AvgIpc) is 2.02. The highest BCUT2D eigenvalue weighted by atomic mass is 19.2. The van der Waals surface area contributed by atoms with Crippen LogP contribution in [0.1, 0.15) is 20.8 Å². The molecule has 0 fully saturated rings. The van der Waals surface area contributed by atoms with E-state index in [-0.39, 0.29) is 11.2 Å². The van der Waals surface area contributed by atoms with Crippen molar-refractivity contribution in [2.75, 3.05) is 20.8 Å². The van der Waals surface area contributed by atoms with Gasteiger partial charge in [-0.25, -0.2) is 0 Å². The van der Waals surface area contributed by atoms with Gasteiger partial charge in [0.1, 0.15) is 0 Å². The van der Waals surface area contributed by atoms with Gasteiger partial charge in [-0.1, -0.05) is 5.12 Å². The number of hydrogen-bond acceptors (Lipinski definition) is 4. The Labute approximate surface area is 78.5 Å². The minimum absolute atomic E-state index is 0.190. The Morgan fingerprint density at radius 3 is 2.23 bits per heavy atom. The summed E-state index contributed by atoms with van der Waals surface area (Å²) in [7, 11) is 2.51. The van der Waals surface area contributed by atoms with E-state index in [1.807, 2.05) is 0 Å². The third-order valence-corrected chi connectivity index (χ3v) is 1.35. The summed E-state index contributed by atoms with van der Waals surface area (Å²) < 4.78 is 28.1. The Bertz CT molecular complexity index is 143. The van der Waals surface area contributed by atoms with Gasteiger partial charge in [-0.2, -0.15) is 0 Å². The molecular weight excluding hydrogens is 177 g/mol. The van der Waals surface area contributed by atoms with Gasteiger partial charge in [-0.15, -0.1) is 4.48 Å². The van der Waals surface area contributed by atoms with E-state index < -0.39 is 6.10 Å². The van der Waals surface area contributed by atoms with Crippen molar-refractivity contribution in [2.24, 2.45) is 0 Å². The van der Waals surface area contributed by atoms with Crippen molar-refractivity contribution in [3.8, 4) is 0 Å². The molecule has 0 bridgehead atoms. The van der Waals surface area contributed by atoms with Crippen LogP contribution in [0.2, 0.25) is 0 Å². The topological polar surface area (TPSA) is 30.9 Å². The molecule has 0 aliphatic heterocycles. The lowest BCUT2D eigenvalue weighted by Crippen LogP contribution is -2.50. The average molecular weight is 195 g/mol. The zero-order chi connectivity index (χ0) is 10.5. The van der Waals surface area contributed by atoms with Crippen molar-refractivity contribution in [3.05, 3.63) is 0 Å². The molecule has 0 saturated carbocycles. The highest BCUT2D eigenvalue weighted by molar-refractivity contribution is 4.51. The standard InChI is InChI=1S/C8H18FNO3/c1-6-12-8(11-5,10(4)9)13-7(2)3/h7H,6H2,1-5H3. The first-order valence-electron chi connectivity index (χ1n) is 4.25. The van der Waals surface area contributed by atoms with E-state index in [1.165, 1.54) is 14.2 Å². The molecule has 0 aromatic carbocycles. The lowest BCUT2D eigenvalue weighted by molar-refractivity contribution is -0.475. The Kier molecular flexibility index (Phi) is 5.39. The first-order chi connectivity index (χ1) is 5.98. The zero-order valence-electron chi connectivity index (χ0n) is 8.83. The molecule has 0 radical (unpaired) electrons. The van der Waals surface area contributed by atoms with Crippen molar-refractivity contribution in [3.63, 3.8) is 0 Å². The fourth-order valence-corrected chi connectivity index (χ4v) is 0.909. The van der Waals surface area contributed by atoms with E-state index in [1.54, 1.807) is 20.8 Å². The number of methoxy groups -OCH3 is 1. The van der Waals surface area contributed by atoms with Crippen LogP contribution in [0.5, 0.6) is 0 Å². The summed E-state index contributed by atoms with van der Waals surface area (Å²) in [5.41, 5.74) is 0. The summed E-state index contributed by atoms with van der Waals surface area (Å²) >= 11 is 0. The lowest BCUT2D eigenvalue weighted by Gasteiger charge is -2.34. The predicted octanol–water partition coefficient (Wildman–Crippen LogP) is 1.52. The summed E-state index contributed by atoms with van der Waals surface area (Å²) in [6.45, 7) is 5.59. The van der Waals surface area contributed by atoms with Crippen molar-refractivity contribution in [1.82, 2.24) is 5.12 Å². The van der Waals surface area contributed by atoms with Crippen LogP contribution in [0.15, 0.2) is 0 Å². The summed E-state index contributed by atoms with van der Waals surface area (Å²) in [5, 5.41) is 0.260. The molecule has 0 rings (SSSR count). The van der Waals surface area contributed by atoms with Gasteiger partial charge < -0.3 is 14.2 Å². The second-order valence-electron chi connectivity index (χ2n) is 2.80. The maximum atomic E-state index is 13.0. The molecule has 0 saturated heterocycles. The highest BCUT2D eigenvalue weighted by Gasteiger charge is 2.39. The van der Waals surface area contributed by atoms with Crippen LogP contribution < -0.4 is 0 Å². The maximum Gasteiger partial charge on any atom is 0.380 e. The third-order valence-electron chi connectivity index (χ3n) is 1.35. The highest BCUT2D eigenvalue weighted by Crippen LogP contribution is 2.20. The van der Waals surface area contributed by atoms with E-state index in [4.69, 9.17) is 14.2 Å². The molecule has 0 heterocycles. The summed E-state index contributed by atoms with van der Waals surface area (Å²) in [6.07, 6.45) is -1.91. The van der Waals surface area contributed by atoms with Gasteiger partial charge >= 0.3 is 6.10 Å². The van der Waals surface area contributed by atoms with Crippen LogP contribution in [0.3, 0.4) is 0 Å². The Balaban J connectivity index is 4.44. The van der Waals surface area contributed by atoms with E-state index in [0.29, 0.717) is 6.61 Å². The monoisotopic (exact) mass is 195 g/mol. The lowest BCUT2D eigenvalue weighted by atomic mass is 10.5. The fraction of sp³-hybridized carbons (Fsp3) is 1.00. The van der Waals surface area contributed by atoms with Crippen LogP contribution in [-0.4, -0.2) is 38.1 Å². The number of ether oxygens (including phenoxy) is 3. The van der Waals surface area contributed by atoms with Gasteiger partial charge in [-0.3, -0.25) is 0 Å². The number of nitrogens with zero attached hydrogens (tertiary/aromatic N) is 1. The van der Waals surface area contributed by atoms with Gasteiger partial charge in [0.2, 0.25) is 0 Å². The number of rotatable bonds is 6. The predicted molar refractivity (Wildman–Crippen MR) is 46.5 cm³/mol. The molecule has 1 unspecified atom stereocenters. The largest absolute Gasteiger partial charge is 0.380 e. The smallest absolute Gasteiger partial charge is 0.316 e. The fourth-order valence-electron chi connectivity index (χ4n) is 0.909. The Hall–Kier alpha value is -0.230. The molecule has 5 heteroatoms. The molecule has 0 aliphatic carbocycles. The third kappa shape index (κ3) is 3.56.